The third kappa shape index (κ3) is 3.04. The number of aromatic nitrogens is 1. The van der Waals surface area contributed by atoms with Crippen molar-refractivity contribution in [1.29, 1.82) is 0 Å². The van der Waals surface area contributed by atoms with Crippen LogP contribution >= 0.6 is 15.9 Å². The highest BCUT2D eigenvalue weighted by Gasteiger charge is 2.27. The van der Waals surface area contributed by atoms with E-state index in [4.69, 9.17) is 0 Å². The molecule has 5 heteroatoms. The summed E-state index contributed by atoms with van der Waals surface area (Å²) in [6.45, 7) is 1.41. The lowest BCUT2D eigenvalue weighted by Crippen LogP contribution is -2.37. The van der Waals surface area contributed by atoms with Gasteiger partial charge in [-0.1, -0.05) is 34.1 Å². The largest absolute Gasteiger partial charge is 0.507 e. The van der Waals surface area contributed by atoms with Gasteiger partial charge in [-0.3, -0.25) is 4.79 Å². The number of carbonyl (C=O) groups is 1. The van der Waals surface area contributed by atoms with Crippen LogP contribution in [-0.4, -0.2) is 34.0 Å². The van der Waals surface area contributed by atoms with Crippen LogP contribution in [0.1, 0.15) is 34.7 Å². The Labute approximate surface area is 154 Å². The number of nitrogens with one attached hydrogen (secondary N) is 1. The van der Waals surface area contributed by atoms with Crippen molar-refractivity contribution in [2.45, 2.75) is 18.8 Å². The molecule has 1 fully saturated rings. The molecule has 1 aromatic heterocycles. The molecule has 0 atom stereocenters. The molecule has 4 nitrogen and oxygen atoms in total. The van der Waals surface area contributed by atoms with Gasteiger partial charge in [0.1, 0.15) is 5.75 Å². The van der Waals surface area contributed by atoms with E-state index in [1.807, 2.05) is 11.0 Å². The molecule has 0 unspecified atom stereocenters. The summed E-state index contributed by atoms with van der Waals surface area (Å²) < 4.78 is 0.764. The van der Waals surface area contributed by atoms with E-state index in [0.717, 1.165) is 22.8 Å². The molecule has 0 radical (unpaired) electrons. The standard InChI is InChI=1S/C20H19BrN2O2/c21-14-5-6-16(19(24)11-14)20(25)23-9-7-13(8-10-23)17-12-22-18-4-2-1-3-15(17)18/h1-6,11-13,22,24H,7-10H2. The summed E-state index contributed by atoms with van der Waals surface area (Å²) in [6, 6.07) is 13.4. The number of aromatic hydroxyl groups is 1. The first kappa shape index (κ1) is 16.2. The van der Waals surface area contributed by atoms with E-state index in [2.05, 4.69) is 45.3 Å². The second-order valence-corrected chi connectivity index (χ2v) is 7.43. The number of H-pyrrole nitrogens is 1. The van der Waals surface area contributed by atoms with Crippen molar-refractivity contribution in [2.24, 2.45) is 0 Å². The summed E-state index contributed by atoms with van der Waals surface area (Å²) in [7, 11) is 0. The average Bonchev–Trinajstić information content (AvgIpc) is 3.05. The van der Waals surface area contributed by atoms with E-state index < -0.39 is 0 Å². The number of halogens is 1. The van der Waals surface area contributed by atoms with Gasteiger partial charge < -0.3 is 15.0 Å². The van der Waals surface area contributed by atoms with E-state index in [-0.39, 0.29) is 11.7 Å². The zero-order valence-corrected chi connectivity index (χ0v) is 15.3. The van der Waals surface area contributed by atoms with Gasteiger partial charge in [0.2, 0.25) is 0 Å². The number of aromatic amines is 1. The van der Waals surface area contributed by atoms with Gasteiger partial charge in [0, 0.05) is 34.7 Å². The Bertz CT molecular complexity index is 926. The Morgan fingerprint density at radius 1 is 1.16 bits per heavy atom. The van der Waals surface area contributed by atoms with E-state index in [1.165, 1.54) is 10.9 Å². The number of hydrogen-bond donors (Lipinski definition) is 2. The van der Waals surface area contributed by atoms with Crippen molar-refractivity contribution in [2.75, 3.05) is 13.1 Å². The Kier molecular flexibility index (Phi) is 4.25. The van der Waals surface area contributed by atoms with Crippen molar-refractivity contribution in [3.05, 3.63) is 64.3 Å². The summed E-state index contributed by atoms with van der Waals surface area (Å²) in [6.07, 6.45) is 3.98. The number of amides is 1. The van der Waals surface area contributed by atoms with Crippen molar-refractivity contribution in [1.82, 2.24) is 9.88 Å². The summed E-state index contributed by atoms with van der Waals surface area (Å²) in [5.41, 5.74) is 2.87. The van der Waals surface area contributed by atoms with E-state index >= 15 is 0 Å². The SMILES string of the molecule is O=C(c1ccc(Br)cc1O)N1CCC(c2c[nH]c3ccccc23)CC1. The maximum Gasteiger partial charge on any atom is 0.257 e. The monoisotopic (exact) mass is 398 g/mol. The molecule has 0 aliphatic carbocycles. The number of fused-ring (bicyclic) bond motifs is 1. The molecule has 2 N–H and O–H groups in total. The number of nitrogens with zero attached hydrogens (tertiary/aromatic N) is 1. The van der Waals surface area contributed by atoms with Gasteiger partial charge >= 0.3 is 0 Å². The normalized spacial score (nSPS) is 15.6. The number of piperidine rings is 1. The third-order valence-electron chi connectivity index (χ3n) is 5.03. The van der Waals surface area contributed by atoms with Crippen molar-refractivity contribution < 1.29 is 9.90 Å². The van der Waals surface area contributed by atoms with Crippen LogP contribution < -0.4 is 0 Å². The molecule has 1 saturated heterocycles. The minimum atomic E-state index is -0.0950. The van der Waals surface area contributed by atoms with Crippen LogP contribution in [0, 0.1) is 0 Å². The van der Waals surface area contributed by atoms with Gasteiger partial charge in [0.05, 0.1) is 5.56 Å². The van der Waals surface area contributed by atoms with Gasteiger partial charge in [-0.05, 0) is 48.6 Å². The lowest BCUT2D eigenvalue weighted by atomic mass is 9.89. The van der Waals surface area contributed by atoms with E-state index in [0.29, 0.717) is 24.6 Å². The minimum Gasteiger partial charge on any atom is -0.507 e. The van der Waals surface area contributed by atoms with Crippen molar-refractivity contribution >= 4 is 32.7 Å². The predicted octanol–water partition coefficient (Wildman–Crippen LogP) is 4.66. The molecule has 25 heavy (non-hydrogen) atoms. The second kappa shape index (κ2) is 6.56. The van der Waals surface area contributed by atoms with Gasteiger partial charge in [-0.25, -0.2) is 0 Å². The summed E-state index contributed by atoms with van der Waals surface area (Å²) in [5, 5.41) is 11.3. The summed E-state index contributed by atoms with van der Waals surface area (Å²) >= 11 is 3.30. The van der Waals surface area contributed by atoms with E-state index in [9.17, 15) is 9.90 Å². The predicted molar refractivity (Wildman–Crippen MR) is 102 cm³/mol. The number of para-hydroxylation sites is 1. The zero-order valence-electron chi connectivity index (χ0n) is 13.7. The Morgan fingerprint density at radius 2 is 1.92 bits per heavy atom. The highest BCUT2D eigenvalue weighted by molar-refractivity contribution is 9.10. The van der Waals surface area contributed by atoms with Crippen LogP contribution in [0.3, 0.4) is 0 Å². The highest BCUT2D eigenvalue weighted by atomic mass is 79.9. The molecular weight excluding hydrogens is 380 g/mol. The molecular formula is C20H19BrN2O2. The fourth-order valence-corrected chi connectivity index (χ4v) is 4.03. The fraction of sp³-hybridized carbons (Fsp3) is 0.250. The number of phenols is 1. The van der Waals surface area contributed by atoms with Crippen molar-refractivity contribution in [3.8, 4) is 5.75 Å². The first-order valence-corrected chi connectivity index (χ1v) is 9.26. The number of hydrogen-bond acceptors (Lipinski definition) is 2. The van der Waals surface area contributed by atoms with Crippen molar-refractivity contribution in [3.63, 3.8) is 0 Å². The van der Waals surface area contributed by atoms with Gasteiger partial charge in [0.25, 0.3) is 5.91 Å². The fourth-order valence-electron chi connectivity index (χ4n) is 3.68. The number of carbonyl (C=O) groups excluding carboxylic acids is 1. The topological polar surface area (TPSA) is 56.3 Å². The van der Waals surface area contributed by atoms with Gasteiger partial charge in [-0.15, -0.1) is 0 Å². The number of phenolic OH excluding ortho intramolecular Hbond substituents is 1. The van der Waals surface area contributed by atoms with Gasteiger partial charge in [-0.2, -0.15) is 0 Å². The Balaban J connectivity index is 1.49. The zero-order chi connectivity index (χ0) is 17.4. The summed E-state index contributed by atoms with van der Waals surface area (Å²) in [5.74, 6) is 0.388. The van der Waals surface area contributed by atoms with Crippen LogP contribution in [-0.2, 0) is 0 Å². The van der Waals surface area contributed by atoms with E-state index in [1.54, 1.807) is 18.2 Å². The molecule has 2 aromatic carbocycles. The smallest absolute Gasteiger partial charge is 0.257 e. The quantitative estimate of drug-likeness (QED) is 0.659. The van der Waals surface area contributed by atoms with Crippen LogP contribution in [0.15, 0.2) is 53.1 Å². The molecule has 0 saturated carbocycles. The second-order valence-electron chi connectivity index (χ2n) is 6.52. The summed E-state index contributed by atoms with van der Waals surface area (Å²) in [4.78, 5) is 17.9. The minimum absolute atomic E-state index is 0.0260. The number of likely N-dealkylation sites (tertiary alicyclic amines) is 1. The highest BCUT2D eigenvalue weighted by Crippen LogP contribution is 2.34. The Hall–Kier alpha value is -2.27. The first-order chi connectivity index (χ1) is 12.1. The molecule has 0 bridgehead atoms. The molecule has 0 spiro atoms. The Morgan fingerprint density at radius 3 is 2.68 bits per heavy atom. The molecule has 2 heterocycles. The molecule has 3 aromatic rings. The lowest BCUT2D eigenvalue weighted by Gasteiger charge is -2.32. The van der Waals surface area contributed by atoms with Crippen LogP contribution in [0.2, 0.25) is 0 Å². The van der Waals surface area contributed by atoms with Gasteiger partial charge in [0.15, 0.2) is 0 Å². The maximum atomic E-state index is 12.7. The number of rotatable bonds is 2. The number of benzene rings is 2. The molecule has 1 aliphatic rings. The first-order valence-electron chi connectivity index (χ1n) is 8.47. The molecule has 1 aliphatic heterocycles. The molecule has 1 amide bonds. The third-order valence-corrected chi connectivity index (χ3v) is 5.53. The van der Waals surface area contributed by atoms with Crippen LogP contribution in [0.5, 0.6) is 5.75 Å². The molecule has 128 valence electrons. The lowest BCUT2D eigenvalue weighted by molar-refractivity contribution is 0.0710. The average molecular weight is 399 g/mol. The maximum absolute atomic E-state index is 12.7. The van der Waals surface area contributed by atoms with Crippen LogP contribution in [0.25, 0.3) is 10.9 Å². The molecule has 4 rings (SSSR count). The van der Waals surface area contributed by atoms with Crippen LogP contribution in [0.4, 0.5) is 0 Å².